The van der Waals surface area contributed by atoms with Crippen LogP contribution in [0.2, 0.25) is 0 Å². The number of aromatic nitrogens is 4. The molecule has 0 fully saturated rings. The van der Waals surface area contributed by atoms with Crippen LogP contribution in [0.25, 0.3) is 17.2 Å². The number of thioether (sulfide) groups is 1. The van der Waals surface area contributed by atoms with Crippen LogP contribution in [0.4, 0.5) is 0 Å². The van der Waals surface area contributed by atoms with E-state index in [1.54, 1.807) is 6.20 Å². The number of nitrogens with zero attached hydrogens (tertiary/aromatic N) is 4. The number of carbonyl (C=O) groups excluding carboxylic acids is 1. The molecular formula is C18H18N4O2S. The van der Waals surface area contributed by atoms with Gasteiger partial charge in [-0.1, -0.05) is 35.5 Å². The van der Waals surface area contributed by atoms with Crippen LogP contribution in [-0.4, -0.2) is 38.6 Å². The number of esters is 1. The molecule has 0 spiro atoms. The summed E-state index contributed by atoms with van der Waals surface area (Å²) in [5.41, 5.74) is 3.96. The summed E-state index contributed by atoms with van der Waals surface area (Å²) in [4.78, 5) is 15.9. The van der Waals surface area contributed by atoms with Crippen molar-refractivity contribution in [1.29, 1.82) is 0 Å². The fourth-order valence-electron chi connectivity index (χ4n) is 2.48. The second-order valence-corrected chi connectivity index (χ2v) is 6.45. The lowest BCUT2D eigenvalue weighted by Gasteiger charge is -2.13. The van der Waals surface area contributed by atoms with Crippen LogP contribution < -0.4 is 0 Å². The van der Waals surface area contributed by atoms with Gasteiger partial charge in [0.25, 0.3) is 0 Å². The van der Waals surface area contributed by atoms with E-state index in [-0.39, 0.29) is 11.7 Å². The Morgan fingerprint density at radius 1 is 1.20 bits per heavy atom. The van der Waals surface area contributed by atoms with Gasteiger partial charge in [-0.15, -0.1) is 10.2 Å². The Balaban J connectivity index is 2.11. The maximum Gasteiger partial charge on any atom is 0.316 e. The van der Waals surface area contributed by atoms with E-state index in [0.29, 0.717) is 11.0 Å². The van der Waals surface area contributed by atoms with Crippen molar-refractivity contribution >= 4 is 17.7 Å². The Morgan fingerprint density at radius 2 is 2.04 bits per heavy atom. The summed E-state index contributed by atoms with van der Waals surface area (Å²) >= 11 is 1.29. The summed E-state index contributed by atoms with van der Waals surface area (Å²) in [7, 11) is 1.37. The largest absolute Gasteiger partial charge is 0.468 e. The number of hydrogen-bond donors (Lipinski definition) is 0. The summed E-state index contributed by atoms with van der Waals surface area (Å²) in [5, 5.41) is 9.20. The fourth-order valence-corrected chi connectivity index (χ4v) is 3.26. The molecule has 0 saturated heterocycles. The molecule has 0 saturated carbocycles. The van der Waals surface area contributed by atoms with Crippen molar-refractivity contribution in [2.45, 2.75) is 19.0 Å². The third-order valence-corrected chi connectivity index (χ3v) is 4.57. The van der Waals surface area contributed by atoms with E-state index in [1.807, 2.05) is 41.8 Å². The van der Waals surface area contributed by atoms with Crippen LogP contribution in [0.15, 0.2) is 47.8 Å². The summed E-state index contributed by atoms with van der Waals surface area (Å²) in [6, 6.07) is 11.8. The predicted molar refractivity (Wildman–Crippen MR) is 96.8 cm³/mol. The van der Waals surface area contributed by atoms with Gasteiger partial charge in [0.1, 0.15) is 5.69 Å². The molecule has 0 N–H and O–H groups in total. The molecule has 1 aromatic carbocycles. The summed E-state index contributed by atoms with van der Waals surface area (Å²) in [6.07, 6.45) is 1.72. The SMILES string of the molecule is COC(=O)CSc1nnc(-c2ccccn2)n1-c1ccc(C)cc1C. The zero-order valence-electron chi connectivity index (χ0n) is 14.3. The summed E-state index contributed by atoms with van der Waals surface area (Å²) < 4.78 is 6.65. The van der Waals surface area contributed by atoms with Crippen molar-refractivity contribution in [3.8, 4) is 17.2 Å². The molecule has 6 nitrogen and oxygen atoms in total. The van der Waals surface area contributed by atoms with E-state index < -0.39 is 0 Å². The minimum atomic E-state index is -0.306. The Morgan fingerprint density at radius 3 is 2.72 bits per heavy atom. The van der Waals surface area contributed by atoms with Gasteiger partial charge in [-0.2, -0.15) is 0 Å². The highest BCUT2D eigenvalue weighted by molar-refractivity contribution is 7.99. The average Bonchev–Trinajstić information content (AvgIpc) is 3.04. The summed E-state index contributed by atoms with van der Waals surface area (Å²) in [5.74, 6) is 0.501. The Bertz CT molecular complexity index is 893. The van der Waals surface area contributed by atoms with Gasteiger partial charge >= 0.3 is 5.97 Å². The van der Waals surface area contributed by atoms with Crippen LogP contribution in [0, 0.1) is 13.8 Å². The van der Waals surface area contributed by atoms with Gasteiger partial charge in [0.15, 0.2) is 11.0 Å². The molecule has 0 aliphatic rings. The molecule has 2 aromatic heterocycles. The molecule has 0 atom stereocenters. The normalized spacial score (nSPS) is 10.7. The molecule has 0 aliphatic heterocycles. The first-order valence-electron chi connectivity index (χ1n) is 7.74. The zero-order valence-corrected chi connectivity index (χ0v) is 15.1. The number of ether oxygens (including phenoxy) is 1. The molecule has 25 heavy (non-hydrogen) atoms. The van der Waals surface area contributed by atoms with E-state index in [1.165, 1.54) is 24.4 Å². The van der Waals surface area contributed by atoms with Gasteiger partial charge in [0.05, 0.1) is 18.6 Å². The smallest absolute Gasteiger partial charge is 0.316 e. The van der Waals surface area contributed by atoms with Gasteiger partial charge in [-0.25, -0.2) is 0 Å². The lowest BCUT2D eigenvalue weighted by atomic mass is 10.1. The molecule has 0 aliphatic carbocycles. The van der Waals surface area contributed by atoms with Crippen LogP contribution in [0.1, 0.15) is 11.1 Å². The molecule has 0 radical (unpaired) electrons. The van der Waals surface area contributed by atoms with Crippen molar-refractivity contribution in [1.82, 2.24) is 19.7 Å². The molecule has 2 heterocycles. The molecule has 0 bridgehead atoms. The lowest BCUT2D eigenvalue weighted by Crippen LogP contribution is -2.06. The van der Waals surface area contributed by atoms with E-state index in [2.05, 4.69) is 28.2 Å². The second-order valence-electron chi connectivity index (χ2n) is 5.51. The summed E-state index contributed by atoms with van der Waals surface area (Å²) in [6.45, 7) is 4.09. The Kier molecular flexibility index (Phi) is 5.14. The quantitative estimate of drug-likeness (QED) is 0.518. The highest BCUT2D eigenvalue weighted by atomic mass is 32.2. The van der Waals surface area contributed by atoms with Gasteiger partial charge in [0, 0.05) is 6.20 Å². The third-order valence-electron chi connectivity index (χ3n) is 3.67. The van der Waals surface area contributed by atoms with Gasteiger partial charge in [0.2, 0.25) is 0 Å². The topological polar surface area (TPSA) is 69.9 Å². The number of benzene rings is 1. The van der Waals surface area contributed by atoms with E-state index in [9.17, 15) is 4.79 Å². The highest BCUT2D eigenvalue weighted by Gasteiger charge is 2.19. The first kappa shape index (κ1) is 17.2. The third kappa shape index (κ3) is 3.71. The molecule has 7 heteroatoms. The number of carbonyl (C=O) groups is 1. The van der Waals surface area contributed by atoms with Crippen molar-refractivity contribution in [3.63, 3.8) is 0 Å². The predicted octanol–water partition coefficient (Wildman–Crippen LogP) is 3.21. The van der Waals surface area contributed by atoms with Crippen LogP contribution in [0.3, 0.4) is 0 Å². The van der Waals surface area contributed by atoms with Gasteiger partial charge in [-0.05, 0) is 37.6 Å². The van der Waals surface area contributed by atoms with Crippen LogP contribution >= 0.6 is 11.8 Å². The first-order chi connectivity index (χ1) is 12.1. The van der Waals surface area contributed by atoms with Gasteiger partial charge < -0.3 is 4.74 Å². The Labute approximate surface area is 150 Å². The highest BCUT2D eigenvalue weighted by Crippen LogP contribution is 2.29. The van der Waals surface area contributed by atoms with Crippen LogP contribution in [0.5, 0.6) is 0 Å². The molecule has 128 valence electrons. The maximum atomic E-state index is 11.5. The van der Waals surface area contributed by atoms with Crippen molar-refractivity contribution in [3.05, 3.63) is 53.7 Å². The number of methoxy groups -OCH3 is 1. The number of hydrogen-bond acceptors (Lipinski definition) is 6. The number of pyridine rings is 1. The molecule has 3 rings (SSSR count). The fraction of sp³-hybridized carbons (Fsp3) is 0.222. The zero-order chi connectivity index (χ0) is 17.8. The molecular weight excluding hydrogens is 336 g/mol. The molecule has 0 amide bonds. The van der Waals surface area contributed by atoms with E-state index in [4.69, 9.17) is 4.74 Å². The standard InChI is InChI=1S/C18H18N4O2S/c1-12-7-8-15(13(2)10-12)22-17(14-6-4-5-9-19-14)20-21-18(22)25-11-16(23)24-3/h4-10H,11H2,1-3H3. The first-order valence-corrected chi connectivity index (χ1v) is 8.72. The monoisotopic (exact) mass is 354 g/mol. The maximum absolute atomic E-state index is 11.5. The minimum Gasteiger partial charge on any atom is -0.468 e. The van der Waals surface area contributed by atoms with E-state index in [0.717, 1.165) is 16.9 Å². The lowest BCUT2D eigenvalue weighted by molar-refractivity contribution is -0.137. The minimum absolute atomic E-state index is 0.168. The number of rotatable bonds is 5. The van der Waals surface area contributed by atoms with Crippen LogP contribution in [-0.2, 0) is 9.53 Å². The van der Waals surface area contributed by atoms with E-state index >= 15 is 0 Å². The van der Waals surface area contributed by atoms with Crippen molar-refractivity contribution in [2.24, 2.45) is 0 Å². The van der Waals surface area contributed by atoms with Gasteiger partial charge in [-0.3, -0.25) is 14.3 Å². The molecule has 0 unspecified atom stereocenters. The molecule has 3 aromatic rings. The second kappa shape index (κ2) is 7.48. The van der Waals surface area contributed by atoms with Crippen molar-refractivity contribution < 1.29 is 9.53 Å². The number of aryl methyl sites for hydroxylation is 2. The van der Waals surface area contributed by atoms with Crippen molar-refractivity contribution in [2.75, 3.05) is 12.9 Å². The average molecular weight is 354 g/mol. The Hall–Kier alpha value is -2.67.